The standard InChI is InChI=1S/C31H27F3O3/c1-3-4-5-18-36-28-17-12-23(19-27(28)32)21-10-13-24(14-11-21)37-31(35)26-16-15-25(29(33)30(26)34)22-8-6-20(2)7-9-22/h6-17,19H,3-5,18H2,1-2H3. The summed E-state index contributed by atoms with van der Waals surface area (Å²) in [4.78, 5) is 12.6. The summed E-state index contributed by atoms with van der Waals surface area (Å²) in [7, 11) is 0. The van der Waals surface area contributed by atoms with E-state index in [1.807, 2.05) is 6.92 Å². The van der Waals surface area contributed by atoms with Crippen LogP contribution in [0.1, 0.15) is 42.1 Å². The van der Waals surface area contributed by atoms with E-state index < -0.39 is 29.0 Å². The van der Waals surface area contributed by atoms with Crippen LogP contribution in [0.2, 0.25) is 0 Å². The lowest BCUT2D eigenvalue weighted by molar-refractivity contribution is 0.0728. The van der Waals surface area contributed by atoms with E-state index in [9.17, 15) is 18.0 Å². The third-order valence-electron chi connectivity index (χ3n) is 6.00. The van der Waals surface area contributed by atoms with Gasteiger partial charge in [0, 0.05) is 5.56 Å². The van der Waals surface area contributed by atoms with E-state index in [1.165, 1.54) is 30.3 Å². The maximum absolute atomic E-state index is 14.7. The van der Waals surface area contributed by atoms with Gasteiger partial charge in [-0.05, 0) is 60.4 Å². The summed E-state index contributed by atoms with van der Waals surface area (Å²) in [6, 6.07) is 20.6. The van der Waals surface area contributed by atoms with Gasteiger partial charge in [0.25, 0.3) is 0 Å². The number of halogens is 3. The Bertz CT molecular complexity index is 1380. The molecule has 0 aliphatic heterocycles. The second kappa shape index (κ2) is 11.8. The van der Waals surface area contributed by atoms with Crippen molar-refractivity contribution >= 4 is 5.97 Å². The molecule has 4 aromatic carbocycles. The zero-order valence-corrected chi connectivity index (χ0v) is 20.7. The minimum Gasteiger partial charge on any atom is -0.491 e. The SMILES string of the molecule is CCCCCOc1ccc(-c2ccc(OC(=O)c3ccc(-c4ccc(C)cc4)c(F)c3F)cc2)cc1F. The van der Waals surface area contributed by atoms with Crippen LogP contribution in [-0.2, 0) is 0 Å². The molecule has 0 saturated heterocycles. The van der Waals surface area contributed by atoms with Crippen molar-refractivity contribution in [1.82, 2.24) is 0 Å². The van der Waals surface area contributed by atoms with Crippen LogP contribution in [0.15, 0.2) is 78.9 Å². The van der Waals surface area contributed by atoms with E-state index in [0.29, 0.717) is 23.3 Å². The first-order chi connectivity index (χ1) is 17.9. The Labute approximate surface area is 214 Å². The van der Waals surface area contributed by atoms with Crippen LogP contribution in [0.3, 0.4) is 0 Å². The quantitative estimate of drug-likeness (QED) is 0.130. The number of rotatable bonds is 9. The molecule has 0 atom stereocenters. The van der Waals surface area contributed by atoms with Crippen LogP contribution >= 0.6 is 0 Å². The fourth-order valence-corrected chi connectivity index (χ4v) is 3.87. The van der Waals surface area contributed by atoms with Crippen LogP contribution in [-0.4, -0.2) is 12.6 Å². The summed E-state index contributed by atoms with van der Waals surface area (Å²) in [5.74, 6) is -3.52. The highest BCUT2D eigenvalue weighted by molar-refractivity contribution is 5.92. The average Bonchev–Trinajstić information content (AvgIpc) is 2.90. The Morgan fingerprint density at radius 2 is 1.43 bits per heavy atom. The molecule has 0 heterocycles. The molecule has 37 heavy (non-hydrogen) atoms. The normalized spacial score (nSPS) is 10.8. The second-order valence-corrected chi connectivity index (χ2v) is 8.77. The number of ether oxygens (including phenoxy) is 2. The second-order valence-electron chi connectivity index (χ2n) is 8.77. The number of esters is 1. The maximum Gasteiger partial charge on any atom is 0.346 e. The summed E-state index contributed by atoms with van der Waals surface area (Å²) < 4.78 is 54.7. The van der Waals surface area contributed by atoms with E-state index in [2.05, 4.69) is 6.92 Å². The van der Waals surface area contributed by atoms with Crippen LogP contribution < -0.4 is 9.47 Å². The Morgan fingerprint density at radius 3 is 2.11 bits per heavy atom. The van der Waals surface area contributed by atoms with Gasteiger partial charge in [-0.3, -0.25) is 0 Å². The summed E-state index contributed by atoms with van der Waals surface area (Å²) >= 11 is 0. The van der Waals surface area contributed by atoms with Gasteiger partial charge < -0.3 is 9.47 Å². The summed E-state index contributed by atoms with van der Waals surface area (Å²) in [5.41, 5.74) is 2.36. The van der Waals surface area contributed by atoms with E-state index in [4.69, 9.17) is 9.47 Å². The van der Waals surface area contributed by atoms with E-state index in [-0.39, 0.29) is 17.1 Å². The molecule has 190 valence electrons. The summed E-state index contributed by atoms with van der Waals surface area (Å²) in [6.07, 6.45) is 2.95. The smallest absolute Gasteiger partial charge is 0.346 e. The average molecular weight is 505 g/mol. The molecule has 4 aromatic rings. The molecule has 0 aliphatic rings. The molecule has 0 fully saturated rings. The zero-order valence-electron chi connectivity index (χ0n) is 20.7. The Balaban J connectivity index is 1.44. The van der Waals surface area contributed by atoms with Gasteiger partial charge in [0.15, 0.2) is 23.2 Å². The van der Waals surface area contributed by atoms with E-state index >= 15 is 0 Å². The highest BCUT2D eigenvalue weighted by Crippen LogP contribution is 2.29. The zero-order chi connectivity index (χ0) is 26.4. The minimum atomic E-state index is -1.27. The molecule has 0 unspecified atom stereocenters. The number of unbranched alkanes of at least 4 members (excludes halogenated alkanes) is 2. The van der Waals surface area contributed by atoms with Crippen molar-refractivity contribution in [3.8, 4) is 33.8 Å². The lowest BCUT2D eigenvalue weighted by Crippen LogP contribution is -2.12. The van der Waals surface area contributed by atoms with Gasteiger partial charge >= 0.3 is 5.97 Å². The van der Waals surface area contributed by atoms with E-state index in [0.717, 1.165) is 24.8 Å². The number of carbonyl (C=O) groups is 1. The van der Waals surface area contributed by atoms with Crippen molar-refractivity contribution in [2.75, 3.05) is 6.61 Å². The molecular weight excluding hydrogens is 477 g/mol. The molecular formula is C31H27F3O3. The third-order valence-corrected chi connectivity index (χ3v) is 6.00. The van der Waals surface area contributed by atoms with Crippen LogP contribution in [0.5, 0.6) is 11.5 Å². The van der Waals surface area contributed by atoms with Crippen molar-refractivity contribution in [3.05, 3.63) is 107 Å². The minimum absolute atomic E-state index is 0.0583. The molecule has 0 N–H and O–H groups in total. The van der Waals surface area contributed by atoms with E-state index in [1.54, 1.807) is 48.5 Å². The summed E-state index contributed by atoms with van der Waals surface area (Å²) in [6.45, 7) is 4.44. The fourth-order valence-electron chi connectivity index (χ4n) is 3.87. The van der Waals surface area contributed by atoms with Crippen molar-refractivity contribution < 1.29 is 27.4 Å². The Morgan fingerprint density at radius 1 is 0.757 bits per heavy atom. The number of benzene rings is 4. The van der Waals surface area contributed by atoms with Gasteiger partial charge in [0.05, 0.1) is 12.2 Å². The molecule has 4 rings (SSSR count). The number of carbonyl (C=O) groups excluding carboxylic acids is 1. The largest absolute Gasteiger partial charge is 0.491 e. The van der Waals surface area contributed by atoms with Crippen molar-refractivity contribution in [3.63, 3.8) is 0 Å². The highest BCUT2D eigenvalue weighted by atomic mass is 19.2. The monoisotopic (exact) mass is 504 g/mol. The fraction of sp³-hybridized carbons (Fsp3) is 0.194. The Kier molecular flexibility index (Phi) is 8.29. The van der Waals surface area contributed by atoms with Crippen molar-refractivity contribution in [2.24, 2.45) is 0 Å². The van der Waals surface area contributed by atoms with Crippen molar-refractivity contribution in [1.29, 1.82) is 0 Å². The first-order valence-electron chi connectivity index (χ1n) is 12.2. The molecule has 0 aliphatic carbocycles. The van der Waals surface area contributed by atoms with Crippen molar-refractivity contribution in [2.45, 2.75) is 33.1 Å². The predicted molar refractivity (Wildman–Crippen MR) is 138 cm³/mol. The lowest BCUT2D eigenvalue weighted by atomic mass is 10.0. The van der Waals surface area contributed by atoms with Gasteiger partial charge in [0.1, 0.15) is 5.75 Å². The number of hydrogen-bond acceptors (Lipinski definition) is 3. The highest BCUT2D eigenvalue weighted by Gasteiger charge is 2.21. The number of aryl methyl sites for hydroxylation is 1. The first-order valence-corrected chi connectivity index (χ1v) is 12.2. The predicted octanol–water partition coefficient (Wildman–Crippen LogP) is 8.53. The van der Waals surface area contributed by atoms with Crippen LogP contribution in [0, 0.1) is 24.4 Å². The first kappa shape index (κ1) is 26.0. The van der Waals surface area contributed by atoms with Crippen LogP contribution in [0.25, 0.3) is 22.3 Å². The lowest BCUT2D eigenvalue weighted by Gasteiger charge is -2.10. The molecule has 6 heteroatoms. The van der Waals surface area contributed by atoms with Gasteiger partial charge in [0.2, 0.25) is 0 Å². The molecule has 0 saturated carbocycles. The maximum atomic E-state index is 14.7. The third kappa shape index (κ3) is 6.20. The van der Waals surface area contributed by atoms with Gasteiger partial charge in [-0.15, -0.1) is 0 Å². The molecule has 0 radical (unpaired) electrons. The molecule has 0 bridgehead atoms. The Hall–Kier alpha value is -4.06. The molecule has 0 spiro atoms. The van der Waals surface area contributed by atoms with Gasteiger partial charge in [-0.2, -0.15) is 0 Å². The van der Waals surface area contributed by atoms with Gasteiger partial charge in [-0.1, -0.05) is 73.9 Å². The topological polar surface area (TPSA) is 35.5 Å². The van der Waals surface area contributed by atoms with Gasteiger partial charge in [-0.25, -0.2) is 18.0 Å². The molecule has 0 amide bonds. The van der Waals surface area contributed by atoms with Crippen LogP contribution in [0.4, 0.5) is 13.2 Å². The molecule has 3 nitrogen and oxygen atoms in total. The number of hydrogen-bond donors (Lipinski definition) is 0. The molecule has 0 aromatic heterocycles. The summed E-state index contributed by atoms with van der Waals surface area (Å²) in [5, 5.41) is 0.